The summed E-state index contributed by atoms with van der Waals surface area (Å²) in [7, 11) is 0. The molecule has 0 saturated heterocycles. The van der Waals surface area contributed by atoms with Crippen molar-refractivity contribution in [2.45, 2.75) is 12.8 Å². The topological polar surface area (TPSA) is 25.8 Å². The van der Waals surface area contributed by atoms with Crippen LogP contribution in [0, 0.1) is 11.6 Å². The molecule has 2 nitrogen and oxygen atoms in total. The maximum Gasteiger partial charge on any atom is 0.153 e. The second kappa shape index (κ2) is 5.51. The van der Waals surface area contributed by atoms with Crippen molar-refractivity contribution in [3.63, 3.8) is 0 Å². The number of halogens is 3. The minimum absolute atomic E-state index is 0.109. The average Bonchev–Trinajstić information content (AvgIpc) is 2.75. The third kappa shape index (κ3) is 2.79. The van der Waals surface area contributed by atoms with Crippen LogP contribution in [0.15, 0.2) is 18.2 Å². The molecule has 6 heteroatoms. The molecule has 0 fully saturated rings. The molecule has 1 aromatic heterocycles. The van der Waals surface area contributed by atoms with Crippen LogP contribution in [-0.4, -0.2) is 16.1 Å². The van der Waals surface area contributed by atoms with Gasteiger partial charge in [-0.15, -0.1) is 21.8 Å². The van der Waals surface area contributed by atoms with Gasteiger partial charge in [-0.05, 0) is 18.6 Å². The predicted molar refractivity (Wildman–Crippen MR) is 64.3 cm³/mol. The van der Waals surface area contributed by atoms with E-state index in [0.717, 1.165) is 11.4 Å². The number of benzene rings is 1. The van der Waals surface area contributed by atoms with E-state index in [9.17, 15) is 8.78 Å². The predicted octanol–water partition coefficient (Wildman–Crippen LogP) is 3.65. The first-order valence-corrected chi connectivity index (χ1v) is 6.40. The van der Waals surface area contributed by atoms with Crippen LogP contribution < -0.4 is 0 Å². The van der Waals surface area contributed by atoms with Gasteiger partial charge in [-0.1, -0.05) is 17.4 Å². The van der Waals surface area contributed by atoms with Gasteiger partial charge in [0.2, 0.25) is 0 Å². The third-order valence-corrected chi connectivity index (χ3v) is 3.44. The summed E-state index contributed by atoms with van der Waals surface area (Å²) >= 11 is 6.76. The van der Waals surface area contributed by atoms with Crippen LogP contribution in [0.2, 0.25) is 0 Å². The van der Waals surface area contributed by atoms with E-state index < -0.39 is 11.6 Å². The molecule has 0 aliphatic rings. The highest BCUT2D eigenvalue weighted by atomic mass is 35.5. The molecule has 0 amide bonds. The number of nitrogens with zero attached hydrogens (tertiary/aromatic N) is 2. The van der Waals surface area contributed by atoms with Crippen LogP contribution in [-0.2, 0) is 6.42 Å². The summed E-state index contributed by atoms with van der Waals surface area (Å²) in [6.45, 7) is 0. The van der Waals surface area contributed by atoms with E-state index in [-0.39, 0.29) is 10.6 Å². The fraction of sp³-hybridized carbons (Fsp3) is 0.273. The lowest BCUT2D eigenvalue weighted by atomic mass is 10.2. The minimum atomic E-state index is -0.620. The van der Waals surface area contributed by atoms with E-state index in [4.69, 9.17) is 11.6 Å². The molecule has 90 valence electrons. The van der Waals surface area contributed by atoms with Gasteiger partial charge in [-0.25, -0.2) is 8.78 Å². The molecule has 1 heterocycles. The molecular weight excluding hydrogens is 266 g/mol. The van der Waals surface area contributed by atoms with Crippen molar-refractivity contribution in [1.29, 1.82) is 0 Å². The standard InChI is InChI=1S/C11H9ClF2N2S/c12-6-2-5-9-15-16-11(17-9)10-7(13)3-1-4-8(10)14/h1,3-4H,2,5-6H2. The molecule has 0 aliphatic carbocycles. The van der Waals surface area contributed by atoms with Crippen molar-refractivity contribution in [3.05, 3.63) is 34.8 Å². The van der Waals surface area contributed by atoms with Crippen LogP contribution >= 0.6 is 22.9 Å². The summed E-state index contributed by atoms with van der Waals surface area (Å²) in [6.07, 6.45) is 1.45. The summed E-state index contributed by atoms with van der Waals surface area (Å²) in [5, 5.41) is 8.70. The molecule has 0 atom stereocenters. The fourth-order valence-corrected chi connectivity index (χ4v) is 2.44. The molecule has 17 heavy (non-hydrogen) atoms. The fourth-order valence-electron chi connectivity index (χ4n) is 1.38. The summed E-state index contributed by atoms with van der Waals surface area (Å²) in [4.78, 5) is 0. The summed E-state index contributed by atoms with van der Waals surface area (Å²) in [6, 6.07) is 3.74. The molecule has 0 spiro atoms. The highest BCUT2D eigenvalue weighted by Crippen LogP contribution is 2.28. The van der Waals surface area contributed by atoms with E-state index in [1.54, 1.807) is 0 Å². The number of rotatable bonds is 4. The van der Waals surface area contributed by atoms with Crippen molar-refractivity contribution in [2.24, 2.45) is 0 Å². The monoisotopic (exact) mass is 274 g/mol. The molecule has 0 bridgehead atoms. The van der Waals surface area contributed by atoms with Gasteiger partial charge in [0, 0.05) is 12.3 Å². The number of hydrogen-bond donors (Lipinski definition) is 0. The first-order chi connectivity index (χ1) is 8.22. The number of hydrogen-bond acceptors (Lipinski definition) is 3. The molecule has 0 aliphatic heterocycles. The highest BCUT2D eigenvalue weighted by molar-refractivity contribution is 7.14. The summed E-state index contributed by atoms with van der Waals surface area (Å²) < 4.78 is 27.0. The molecule has 0 unspecified atom stereocenters. The molecule has 0 saturated carbocycles. The van der Waals surface area contributed by atoms with E-state index in [2.05, 4.69) is 10.2 Å². The van der Waals surface area contributed by atoms with Crippen LogP contribution in [0.25, 0.3) is 10.6 Å². The Kier molecular flexibility index (Phi) is 4.02. The van der Waals surface area contributed by atoms with Gasteiger partial charge in [0.15, 0.2) is 5.01 Å². The number of aryl methyl sites for hydroxylation is 1. The van der Waals surface area contributed by atoms with Crippen molar-refractivity contribution >= 4 is 22.9 Å². The minimum Gasteiger partial charge on any atom is -0.206 e. The second-order valence-corrected chi connectivity index (χ2v) is 4.83. The normalized spacial score (nSPS) is 10.8. The lowest BCUT2D eigenvalue weighted by Gasteiger charge is -1.98. The number of aromatic nitrogens is 2. The van der Waals surface area contributed by atoms with Crippen LogP contribution in [0.1, 0.15) is 11.4 Å². The zero-order valence-electron chi connectivity index (χ0n) is 8.79. The Hall–Kier alpha value is -1.07. The lowest BCUT2D eigenvalue weighted by Crippen LogP contribution is -1.88. The molecule has 2 rings (SSSR count). The van der Waals surface area contributed by atoms with Crippen molar-refractivity contribution < 1.29 is 8.78 Å². The molecule has 0 radical (unpaired) electrons. The van der Waals surface area contributed by atoms with Crippen LogP contribution in [0.5, 0.6) is 0 Å². The zero-order chi connectivity index (χ0) is 12.3. The molecule has 0 N–H and O–H groups in total. The first-order valence-electron chi connectivity index (χ1n) is 5.05. The Bertz CT molecular complexity index is 496. The average molecular weight is 275 g/mol. The highest BCUT2D eigenvalue weighted by Gasteiger charge is 2.15. The van der Waals surface area contributed by atoms with Crippen molar-refractivity contribution in [1.82, 2.24) is 10.2 Å². The Morgan fingerprint density at radius 3 is 2.53 bits per heavy atom. The largest absolute Gasteiger partial charge is 0.206 e. The van der Waals surface area contributed by atoms with Crippen LogP contribution in [0.3, 0.4) is 0 Å². The second-order valence-electron chi connectivity index (χ2n) is 3.39. The van der Waals surface area contributed by atoms with E-state index in [0.29, 0.717) is 12.3 Å². The summed E-state index contributed by atoms with van der Waals surface area (Å²) in [5.41, 5.74) is -0.109. The lowest BCUT2D eigenvalue weighted by molar-refractivity contribution is 0.589. The van der Waals surface area contributed by atoms with Gasteiger partial charge >= 0.3 is 0 Å². The molecule has 2 aromatic rings. The Labute approximate surface area is 106 Å². The van der Waals surface area contributed by atoms with Gasteiger partial charge in [0.1, 0.15) is 16.6 Å². The Balaban J connectivity index is 2.30. The SMILES string of the molecule is Fc1cccc(F)c1-c1nnc(CCCCl)s1. The van der Waals surface area contributed by atoms with Gasteiger partial charge in [0.05, 0.1) is 5.56 Å². The van der Waals surface area contributed by atoms with Gasteiger partial charge in [-0.2, -0.15) is 0 Å². The Morgan fingerprint density at radius 1 is 1.18 bits per heavy atom. The first kappa shape index (κ1) is 12.4. The zero-order valence-corrected chi connectivity index (χ0v) is 10.4. The maximum absolute atomic E-state index is 13.5. The third-order valence-electron chi connectivity index (χ3n) is 2.17. The van der Waals surface area contributed by atoms with Gasteiger partial charge < -0.3 is 0 Å². The van der Waals surface area contributed by atoms with Crippen molar-refractivity contribution in [3.8, 4) is 10.6 Å². The maximum atomic E-state index is 13.5. The van der Waals surface area contributed by atoms with Crippen molar-refractivity contribution in [2.75, 3.05) is 5.88 Å². The molecule has 1 aromatic carbocycles. The van der Waals surface area contributed by atoms with E-state index in [1.807, 2.05) is 0 Å². The van der Waals surface area contributed by atoms with E-state index >= 15 is 0 Å². The van der Waals surface area contributed by atoms with Gasteiger partial charge in [0.25, 0.3) is 0 Å². The smallest absolute Gasteiger partial charge is 0.153 e. The Morgan fingerprint density at radius 2 is 1.88 bits per heavy atom. The van der Waals surface area contributed by atoms with E-state index in [1.165, 1.54) is 29.5 Å². The number of alkyl halides is 1. The van der Waals surface area contributed by atoms with Gasteiger partial charge in [-0.3, -0.25) is 0 Å². The van der Waals surface area contributed by atoms with Crippen LogP contribution in [0.4, 0.5) is 8.78 Å². The summed E-state index contributed by atoms with van der Waals surface area (Å²) in [5.74, 6) is -0.710. The molecular formula is C11H9ClF2N2S. The quantitative estimate of drug-likeness (QED) is 0.795.